The fourth-order valence-electron chi connectivity index (χ4n) is 3.17. The summed E-state index contributed by atoms with van der Waals surface area (Å²) in [6, 6.07) is 21.9. The molecular weight excluding hydrogens is 444 g/mol. The average Bonchev–Trinajstić information content (AvgIpc) is 2.86. The van der Waals surface area contributed by atoms with E-state index in [-0.39, 0.29) is 18.6 Å². The summed E-state index contributed by atoms with van der Waals surface area (Å²) in [6.07, 6.45) is 1.40. The van der Waals surface area contributed by atoms with E-state index in [9.17, 15) is 14.4 Å². The summed E-state index contributed by atoms with van der Waals surface area (Å²) >= 11 is 0. The molecule has 0 radical (unpaired) electrons. The first-order chi connectivity index (χ1) is 16.8. The van der Waals surface area contributed by atoms with Crippen molar-refractivity contribution in [1.29, 1.82) is 0 Å². The Kier molecular flexibility index (Phi) is 8.72. The van der Waals surface area contributed by atoms with Crippen LogP contribution in [0.1, 0.15) is 35.2 Å². The normalized spacial score (nSPS) is 11.5. The Morgan fingerprint density at radius 2 is 1.66 bits per heavy atom. The van der Waals surface area contributed by atoms with Gasteiger partial charge in [0.1, 0.15) is 5.75 Å². The van der Waals surface area contributed by atoms with Crippen molar-refractivity contribution in [2.45, 2.75) is 26.8 Å². The van der Waals surface area contributed by atoms with E-state index in [2.05, 4.69) is 21.2 Å². The maximum Gasteiger partial charge on any atom is 0.329 e. The molecule has 0 aliphatic carbocycles. The second kappa shape index (κ2) is 12.1. The van der Waals surface area contributed by atoms with Crippen molar-refractivity contribution in [3.05, 3.63) is 95.1 Å². The van der Waals surface area contributed by atoms with Crippen LogP contribution in [-0.4, -0.2) is 30.5 Å². The number of anilines is 1. The molecule has 1 atom stereocenters. The summed E-state index contributed by atoms with van der Waals surface area (Å²) in [6.45, 7) is 5.54. The SMILES string of the molecule is Cc1ccc(C)c(NC(=O)C(=O)N/N=C\c2ccc(OCC(=O)N[C@@H](C)c3ccccc3)cc2)c1. The van der Waals surface area contributed by atoms with Gasteiger partial charge in [-0.25, -0.2) is 5.43 Å². The first kappa shape index (κ1) is 25.2. The molecule has 8 heteroatoms. The third-order valence-electron chi connectivity index (χ3n) is 5.15. The largest absolute Gasteiger partial charge is 0.484 e. The van der Waals surface area contributed by atoms with E-state index >= 15 is 0 Å². The number of hydrogen-bond donors (Lipinski definition) is 3. The van der Waals surface area contributed by atoms with Crippen LogP contribution in [0.15, 0.2) is 77.9 Å². The molecule has 0 heterocycles. The summed E-state index contributed by atoms with van der Waals surface area (Å²) < 4.78 is 5.53. The molecule has 180 valence electrons. The van der Waals surface area contributed by atoms with Gasteiger partial charge in [-0.2, -0.15) is 5.10 Å². The van der Waals surface area contributed by atoms with Gasteiger partial charge in [0, 0.05) is 5.69 Å². The van der Waals surface area contributed by atoms with Crippen LogP contribution in [0.2, 0.25) is 0 Å². The second-order valence-electron chi connectivity index (χ2n) is 8.03. The fourth-order valence-corrected chi connectivity index (χ4v) is 3.17. The fraction of sp³-hybridized carbons (Fsp3) is 0.185. The van der Waals surface area contributed by atoms with Gasteiger partial charge in [0.05, 0.1) is 12.3 Å². The van der Waals surface area contributed by atoms with Crippen molar-refractivity contribution in [3.63, 3.8) is 0 Å². The van der Waals surface area contributed by atoms with Gasteiger partial charge in [-0.3, -0.25) is 14.4 Å². The predicted molar refractivity (Wildman–Crippen MR) is 135 cm³/mol. The summed E-state index contributed by atoms with van der Waals surface area (Å²) in [7, 11) is 0. The molecule has 0 spiro atoms. The smallest absolute Gasteiger partial charge is 0.329 e. The number of rotatable bonds is 8. The molecule has 0 aliphatic rings. The van der Waals surface area contributed by atoms with Crippen molar-refractivity contribution in [1.82, 2.24) is 10.7 Å². The third-order valence-corrected chi connectivity index (χ3v) is 5.15. The highest BCUT2D eigenvalue weighted by Crippen LogP contribution is 2.16. The number of ether oxygens (including phenoxy) is 1. The number of aryl methyl sites for hydroxylation is 2. The van der Waals surface area contributed by atoms with Crippen molar-refractivity contribution < 1.29 is 19.1 Å². The zero-order chi connectivity index (χ0) is 25.2. The molecule has 3 aromatic carbocycles. The van der Waals surface area contributed by atoms with Crippen molar-refractivity contribution in [3.8, 4) is 5.75 Å². The number of amides is 3. The van der Waals surface area contributed by atoms with E-state index in [0.717, 1.165) is 16.7 Å². The molecule has 3 aromatic rings. The molecule has 0 aromatic heterocycles. The van der Waals surface area contributed by atoms with E-state index < -0.39 is 11.8 Å². The van der Waals surface area contributed by atoms with Crippen LogP contribution in [-0.2, 0) is 14.4 Å². The Morgan fingerprint density at radius 3 is 2.37 bits per heavy atom. The molecule has 3 rings (SSSR count). The Bertz CT molecular complexity index is 1210. The molecule has 0 saturated heterocycles. The van der Waals surface area contributed by atoms with E-state index in [1.165, 1.54) is 6.21 Å². The molecule has 35 heavy (non-hydrogen) atoms. The minimum atomic E-state index is -0.877. The highest BCUT2D eigenvalue weighted by molar-refractivity contribution is 6.39. The number of hydrazone groups is 1. The summed E-state index contributed by atoms with van der Waals surface area (Å²) in [5, 5.41) is 9.28. The minimum Gasteiger partial charge on any atom is -0.484 e. The molecule has 0 saturated carbocycles. The number of nitrogens with one attached hydrogen (secondary N) is 3. The molecule has 0 fully saturated rings. The van der Waals surface area contributed by atoms with Crippen LogP contribution in [0.3, 0.4) is 0 Å². The van der Waals surface area contributed by atoms with Gasteiger partial charge < -0.3 is 15.4 Å². The zero-order valence-corrected chi connectivity index (χ0v) is 19.9. The van der Waals surface area contributed by atoms with Gasteiger partial charge in [-0.15, -0.1) is 0 Å². The third kappa shape index (κ3) is 7.82. The van der Waals surface area contributed by atoms with Crippen molar-refractivity contribution in [2.24, 2.45) is 5.10 Å². The Morgan fingerprint density at radius 1 is 0.943 bits per heavy atom. The number of nitrogens with zero attached hydrogens (tertiary/aromatic N) is 1. The Labute approximate surface area is 204 Å². The quantitative estimate of drug-likeness (QED) is 0.264. The lowest BCUT2D eigenvalue weighted by molar-refractivity contribution is -0.136. The standard InChI is InChI=1S/C27H28N4O4/c1-18-9-10-19(2)24(15-18)30-26(33)27(34)31-28-16-21-11-13-23(14-12-21)35-17-25(32)29-20(3)22-7-5-4-6-8-22/h4-16,20H,17H2,1-3H3,(H,29,32)(H,30,33)(H,31,34)/b28-16-/t20-/m0/s1. The molecule has 0 bridgehead atoms. The van der Waals surface area contributed by atoms with Gasteiger partial charge in [0.25, 0.3) is 5.91 Å². The van der Waals surface area contributed by atoms with Gasteiger partial charge in [0.2, 0.25) is 0 Å². The average molecular weight is 473 g/mol. The van der Waals surface area contributed by atoms with Crippen LogP contribution < -0.4 is 20.8 Å². The number of carbonyl (C=O) groups excluding carboxylic acids is 3. The summed E-state index contributed by atoms with van der Waals surface area (Å²) in [5.41, 5.74) is 6.30. The Hall–Kier alpha value is -4.46. The second-order valence-corrected chi connectivity index (χ2v) is 8.03. The predicted octanol–water partition coefficient (Wildman–Crippen LogP) is 3.65. The lowest BCUT2D eigenvalue weighted by Gasteiger charge is -2.14. The monoisotopic (exact) mass is 472 g/mol. The van der Waals surface area contributed by atoms with Crippen LogP contribution in [0, 0.1) is 13.8 Å². The minimum absolute atomic E-state index is 0.115. The first-order valence-corrected chi connectivity index (χ1v) is 11.1. The van der Waals surface area contributed by atoms with Gasteiger partial charge in [0.15, 0.2) is 6.61 Å². The maximum atomic E-state index is 12.1. The van der Waals surface area contributed by atoms with Crippen LogP contribution >= 0.6 is 0 Å². The number of carbonyl (C=O) groups is 3. The summed E-state index contributed by atoms with van der Waals surface area (Å²) in [4.78, 5) is 36.2. The van der Waals surface area contributed by atoms with Gasteiger partial charge in [-0.1, -0.05) is 42.5 Å². The van der Waals surface area contributed by atoms with Crippen LogP contribution in [0.25, 0.3) is 0 Å². The summed E-state index contributed by atoms with van der Waals surface area (Å²) in [5.74, 6) is -1.40. The molecule has 0 unspecified atom stereocenters. The molecule has 0 aliphatic heterocycles. The Balaban J connectivity index is 1.43. The van der Waals surface area contributed by atoms with Gasteiger partial charge >= 0.3 is 11.8 Å². The van der Waals surface area contributed by atoms with Crippen LogP contribution in [0.4, 0.5) is 5.69 Å². The van der Waals surface area contributed by atoms with E-state index in [1.807, 2.05) is 63.2 Å². The van der Waals surface area contributed by atoms with E-state index in [1.54, 1.807) is 30.3 Å². The lowest BCUT2D eigenvalue weighted by atomic mass is 10.1. The van der Waals surface area contributed by atoms with Gasteiger partial charge in [-0.05, 0) is 73.4 Å². The first-order valence-electron chi connectivity index (χ1n) is 11.1. The molecular formula is C27H28N4O4. The van der Waals surface area contributed by atoms with Crippen molar-refractivity contribution >= 4 is 29.6 Å². The van der Waals surface area contributed by atoms with Crippen LogP contribution in [0.5, 0.6) is 5.75 Å². The number of hydrogen-bond acceptors (Lipinski definition) is 5. The zero-order valence-electron chi connectivity index (χ0n) is 19.9. The molecule has 3 N–H and O–H groups in total. The highest BCUT2D eigenvalue weighted by Gasteiger charge is 2.14. The number of benzene rings is 3. The lowest BCUT2D eigenvalue weighted by Crippen LogP contribution is -2.32. The molecule has 3 amide bonds. The highest BCUT2D eigenvalue weighted by atomic mass is 16.5. The topological polar surface area (TPSA) is 109 Å². The van der Waals surface area contributed by atoms with Crippen molar-refractivity contribution in [2.75, 3.05) is 11.9 Å². The van der Waals surface area contributed by atoms with E-state index in [4.69, 9.17) is 4.74 Å². The maximum absolute atomic E-state index is 12.1. The molecule has 8 nitrogen and oxygen atoms in total. The van der Waals surface area contributed by atoms with E-state index in [0.29, 0.717) is 17.0 Å².